The van der Waals surface area contributed by atoms with Crippen molar-refractivity contribution in [3.63, 3.8) is 0 Å². The molecule has 0 aliphatic heterocycles. The van der Waals surface area contributed by atoms with Crippen LogP contribution in [0.3, 0.4) is 0 Å². The summed E-state index contributed by atoms with van der Waals surface area (Å²) in [4.78, 5) is 37.7. The topological polar surface area (TPSA) is 78.9 Å². The zero-order valence-corrected chi connectivity index (χ0v) is 39.1. The van der Waals surface area contributed by atoms with Crippen molar-refractivity contribution in [2.24, 2.45) is 0 Å². The standard InChI is InChI=1S/C56H84O6/c1-4-7-10-13-16-19-21-23-25-27-29-30-32-34-37-40-43-46-49-55(58)61-52-53(51-60-54(57)48-45-42-39-36-18-15-12-9-6-3)62-56(59)50-47-44-41-38-35-33-31-28-26-24-22-20-17-14-11-8-5-2/h8-9,11-12,16-21,23-27,29-31,33,36,38,41-42,45,53H,4-7,10,13-15,22,28,32,34-35,37,39-40,43-44,46-52H2,1-3H3/b11-8-,12-9-,19-16-,20-17-,23-21-,26-24-,27-25-,30-29-,33-31-,36-18-,41-38-,45-42-. The molecule has 0 N–H and O–H groups in total. The SMILES string of the molecule is CC/C=C\C/C=C\C/C=C\C/C=C\C/C=C\CCCC(=O)OC(COC(=O)C/C=C\C/C=C\C/C=C\CC)COC(=O)CCCCCCC\C=C/C=C\C=C/C=C\CCCCC. The highest BCUT2D eigenvalue weighted by molar-refractivity contribution is 5.72. The van der Waals surface area contributed by atoms with Gasteiger partial charge in [0.2, 0.25) is 0 Å². The first-order valence-corrected chi connectivity index (χ1v) is 23.9. The van der Waals surface area contributed by atoms with E-state index in [1.54, 1.807) is 6.08 Å². The minimum absolute atomic E-state index is 0.111. The fraction of sp³-hybridized carbons (Fsp3) is 0.518. The van der Waals surface area contributed by atoms with E-state index in [1.807, 2.05) is 12.2 Å². The quantitative estimate of drug-likeness (QED) is 0.0201. The van der Waals surface area contributed by atoms with Crippen LogP contribution >= 0.6 is 0 Å². The maximum Gasteiger partial charge on any atom is 0.309 e. The van der Waals surface area contributed by atoms with Crippen molar-refractivity contribution in [1.82, 2.24) is 0 Å². The molecule has 62 heavy (non-hydrogen) atoms. The second-order valence-electron chi connectivity index (χ2n) is 15.0. The van der Waals surface area contributed by atoms with Crippen molar-refractivity contribution in [2.45, 2.75) is 175 Å². The molecule has 0 heterocycles. The molecule has 0 radical (unpaired) electrons. The van der Waals surface area contributed by atoms with Crippen molar-refractivity contribution in [1.29, 1.82) is 0 Å². The van der Waals surface area contributed by atoms with Gasteiger partial charge in [-0.1, -0.05) is 199 Å². The fourth-order valence-corrected chi connectivity index (χ4v) is 5.67. The Kier molecular flexibility index (Phi) is 45.2. The minimum atomic E-state index is -0.858. The first-order chi connectivity index (χ1) is 30.5. The fourth-order valence-electron chi connectivity index (χ4n) is 5.67. The van der Waals surface area contributed by atoms with Gasteiger partial charge in [-0.2, -0.15) is 0 Å². The van der Waals surface area contributed by atoms with E-state index in [-0.39, 0.29) is 32.0 Å². The monoisotopic (exact) mass is 853 g/mol. The van der Waals surface area contributed by atoms with Gasteiger partial charge in [0.15, 0.2) is 6.10 Å². The van der Waals surface area contributed by atoms with E-state index in [9.17, 15) is 14.4 Å². The molecule has 1 atom stereocenters. The van der Waals surface area contributed by atoms with Crippen molar-refractivity contribution in [2.75, 3.05) is 13.2 Å². The van der Waals surface area contributed by atoms with Crippen molar-refractivity contribution in [3.8, 4) is 0 Å². The summed E-state index contributed by atoms with van der Waals surface area (Å²) in [7, 11) is 0. The van der Waals surface area contributed by atoms with Gasteiger partial charge in [-0.25, -0.2) is 0 Å². The number of carbonyl (C=O) groups is 3. The molecule has 344 valence electrons. The summed E-state index contributed by atoms with van der Waals surface area (Å²) in [6.45, 7) is 6.16. The Balaban J connectivity index is 4.58. The highest BCUT2D eigenvalue weighted by Crippen LogP contribution is 2.10. The van der Waals surface area contributed by atoms with Crippen molar-refractivity contribution >= 4 is 17.9 Å². The summed E-state index contributed by atoms with van der Waals surface area (Å²) < 4.78 is 16.5. The second-order valence-corrected chi connectivity index (χ2v) is 15.0. The van der Waals surface area contributed by atoms with E-state index in [4.69, 9.17) is 14.2 Å². The van der Waals surface area contributed by atoms with E-state index in [2.05, 4.69) is 148 Å². The normalized spacial score (nSPS) is 13.4. The Morgan fingerprint density at radius 3 is 1.31 bits per heavy atom. The molecule has 0 fully saturated rings. The number of carbonyl (C=O) groups excluding carboxylic acids is 3. The van der Waals surface area contributed by atoms with E-state index >= 15 is 0 Å². The van der Waals surface area contributed by atoms with Crippen LogP contribution in [-0.4, -0.2) is 37.2 Å². The van der Waals surface area contributed by atoms with Crippen LogP contribution in [0.25, 0.3) is 0 Å². The summed E-state index contributed by atoms with van der Waals surface area (Å²) in [5.41, 5.74) is 0. The molecule has 0 aliphatic rings. The van der Waals surface area contributed by atoms with Crippen LogP contribution in [0.4, 0.5) is 0 Å². The molecule has 0 aromatic rings. The maximum absolute atomic E-state index is 12.7. The van der Waals surface area contributed by atoms with Gasteiger partial charge in [0.25, 0.3) is 0 Å². The molecular formula is C56H84O6. The molecule has 0 bridgehead atoms. The van der Waals surface area contributed by atoms with Crippen molar-refractivity contribution < 1.29 is 28.6 Å². The van der Waals surface area contributed by atoms with Crippen LogP contribution < -0.4 is 0 Å². The third-order valence-corrected chi connectivity index (χ3v) is 9.19. The van der Waals surface area contributed by atoms with Crippen LogP contribution in [-0.2, 0) is 28.6 Å². The molecule has 0 saturated carbocycles. The van der Waals surface area contributed by atoms with Gasteiger partial charge in [0.1, 0.15) is 13.2 Å². The van der Waals surface area contributed by atoms with Crippen molar-refractivity contribution in [3.05, 3.63) is 146 Å². The highest BCUT2D eigenvalue weighted by atomic mass is 16.6. The Hall–Kier alpha value is -4.71. The Morgan fingerprint density at radius 1 is 0.371 bits per heavy atom. The van der Waals surface area contributed by atoms with E-state index in [1.165, 1.54) is 19.3 Å². The smallest absolute Gasteiger partial charge is 0.309 e. The molecule has 0 aromatic heterocycles. The maximum atomic E-state index is 12.7. The Bertz CT molecular complexity index is 1440. The third kappa shape index (κ3) is 46.4. The van der Waals surface area contributed by atoms with Gasteiger partial charge in [-0.05, 0) is 96.3 Å². The van der Waals surface area contributed by atoms with Gasteiger partial charge in [0, 0.05) is 12.8 Å². The predicted octanol–water partition coefficient (Wildman–Crippen LogP) is 15.7. The molecule has 0 rings (SSSR count). The zero-order chi connectivity index (χ0) is 45.1. The first-order valence-electron chi connectivity index (χ1n) is 23.9. The molecule has 0 spiro atoms. The van der Waals surface area contributed by atoms with Gasteiger partial charge >= 0.3 is 17.9 Å². The van der Waals surface area contributed by atoms with Crippen LogP contribution in [0.1, 0.15) is 168 Å². The predicted molar refractivity (Wildman–Crippen MR) is 265 cm³/mol. The third-order valence-electron chi connectivity index (χ3n) is 9.19. The van der Waals surface area contributed by atoms with E-state index in [0.717, 1.165) is 103 Å². The number of allylic oxidation sites excluding steroid dienone is 23. The van der Waals surface area contributed by atoms with Crippen LogP contribution in [0, 0.1) is 0 Å². The Morgan fingerprint density at radius 2 is 0.774 bits per heavy atom. The van der Waals surface area contributed by atoms with Gasteiger partial charge in [-0.15, -0.1) is 0 Å². The molecule has 6 nitrogen and oxygen atoms in total. The largest absolute Gasteiger partial charge is 0.462 e. The summed E-state index contributed by atoms with van der Waals surface area (Å²) in [5, 5.41) is 0. The number of ether oxygens (including phenoxy) is 3. The van der Waals surface area contributed by atoms with Crippen LogP contribution in [0.2, 0.25) is 0 Å². The average molecular weight is 853 g/mol. The summed E-state index contributed by atoms with van der Waals surface area (Å²) in [6.07, 6.45) is 70.1. The summed E-state index contributed by atoms with van der Waals surface area (Å²) >= 11 is 0. The zero-order valence-electron chi connectivity index (χ0n) is 39.1. The molecule has 1 unspecified atom stereocenters. The first kappa shape index (κ1) is 57.3. The van der Waals surface area contributed by atoms with Gasteiger partial charge in [-0.3, -0.25) is 14.4 Å². The molecule has 0 saturated heterocycles. The Labute approximate surface area is 378 Å². The van der Waals surface area contributed by atoms with Gasteiger partial charge in [0.05, 0.1) is 6.42 Å². The molecule has 6 heteroatoms. The summed E-state index contributed by atoms with van der Waals surface area (Å²) in [5.74, 6) is -1.17. The minimum Gasteiger partial charge on any atom is -0.462 e. The van der Waals surface area contributed by atoms with E-state index in [0.29, 0.717) is 12.8 Å². The number of hydrogen-bond donors (Lipinski definition) is 0. The van der Waals surface area contributed by atoms with Gasteiger partial charge < -0.3 is 14.2 Å². The lowest BCUT2D eigenvalue weighted by Gasteiger charge is -2.18. The number of esters is 3. The second kappa shape index (κ2) is 49.0. The summed E-state index contributed by atoms with van der Waals surface area (Å²) in [6, 6.07) is 0. The van der Waals surface area contributed by atoms with Crippen LogP contribution in [0.15, 0.2) is 146 Å². The average Bonchev–Trinajstić information content (AvgIpc) is 3.27. The lowest BCUT2D eigenvalue weighted by molar-refractivity contribution is -0.166. The molecule has 0 amide bonds. The van der Waals surface area contributed by atoms with E-state index < -0.39 is 18.0 Å². The lowest BCUT2D eigenvalue weighted by atomic mass is 10.1. The number of unbranched alkanes of at least 4 members (excludes halogenated alkanes) is 9. The molecule has 0 aliphatic carbocycles. The highest BCUT2D eigenvalue weighted by Gasteiger charge is 2.19. The molecule has 0 aromatic carbocycles. The van der Waals surface area contributed by atoms with Crippen LogP contribution in [0.5, 0.6) is 0 Å². The lowest BCUT2D eigenvalue weighted by Crippen LogP contribution is -2.30. The number of hydrogen-bond acceptors (Lipinski definition) is 6. The number of rotatable bonds is 40. The molecular weight excluding hydrogens is 769 g/mol.